The number of hydrogen-bond donors (Lipinski definition) is 2. The van der Waals surface area contributed by atoms with Crippen LogP contribution in [0.2, 0.25) is 0 Å². The Balaban J connectivity index is 2.04. The van der Waals surface area contributed by atoms with Crippen LogP contribution in [0.15, 0.2) is 12.3 Å². The van der Waals surface area contributed by atoms with Crippen molar-refractivity contribution < 1.29 is 4.79 Å². The average Bonchev–Trinajstić information content (AvgIpc) is 2.82. The number of carbonyl (C=O) groups is 1. The Morgan fingerprint density at radius 3 is 2.74 bits per heavy atom. The van der Waals surface area contributed by atoms with Gasteiger partial charge in [0.1, 0.15) is 0 Å². The van der Waals surface area contributed by atoms with Crippen LogP contribution in [0.4, 0.5) is 0 Å². The van der Waals surface area contributed by atoms with E-state index in [1.807, 2.05) is 13.1 Å². The Morgan fingerprint density at radius 2 is 2.21 bits per heavy atom. The number of aryl methyl sites for hydroxylation is 1. The lowest BCUT2D eigenvalue weighted by Gasteiger charge is -2.34. The predicted molar refractivity (Wildman–Crippen MR) is 77.4 cm³/mol. The summed E-state index contributed by atoms with van der Waals surface area (Å²) in [5.74, 6) is -0.0408. The van der Waals surface area contributed by atoms with Gasteiger partial charge in [0.15, 0.2) is 0 Å². The molecule has 19 heavy (non-hydrogen) atoms. The Morgan fingerprint density at radius 1 is 1.53 bits per heavy atom. The molecule has 1 saturated carbocycles. The largest absolute Gasteiger partial charge is 0.392 e. The van der Waals surface area contributed by atoms with Crippen LogP contribution in [0.25, 0.3) is 0 Å². The van der Waals surface area contributed by atoms with E-state index in [-0.39, 0.29) is 5.91 Å². The van der Waals surface area contributed by atoms with Crippen molar-refractivity contribution in [2.45, 2.75) is 38.6 Å². The molecule has 0 bridgehead atoms. The molecular formula is C13H20N4OS. The van der Waals surface area contributed by atoms with Crippen LogP contribution >= 0.6 is 12.2 Å². The van der Waals surface area contributed by atoms with Crippen LogP contribution in [0.3, 0.4) is 0 Å². The molecule has 0 aromatic carbocycles. The molecule has 3 N–H and O–H groups in total. The maximum atomic E-state index is 12.5. The van der Waals surface area contributed by atoms with Crippen molar-refractivity contribution >= 4 is 23.1 Å². The van der Waals surface area contributed by atoms with Gasteiger partial charge in [-0.1, -0.05) is 31.5 Å². The number of rotatable bonds is 4. The summed E-state index contributed by atoms with van der Waals surface area (Å²) < 4.78 is 1.74. The molecule has 1 aromatic rings. The van der Waals surface area contributed by atoms with E-state index in [2.05, 4.69) is 10.4 Å². The summed E-state index contributed by atoms with van der Waals surface area (Å²) in [6.07, 6.45) is 6.41. The van der Waals surface area contributed by atoms with Gasteiger partial charge in [-0.25, -0.2) is 0 Å². The molecule has 0 spiro atoms. The van der Waals surface area contributed by atoms with Crippen molar-refractivity contribution in [1.29, 1.82) is 0 Å². The fraction of sp³-hybridized carbons (Fsp3) is 0.615. The molecule has 0 atom stereocenters. The van der Waals surface area contributed by atoms with Gasteiger partial charge in [-0.15, -0.1) is 0 Å². The minimum Gasteiger partial charge on any atom is -0.392 e. The SMILES string of the molecule is Cn1nccc1CNC(=O)C1(C(N)=S)CCCCC1. The smallest absolute Gasteiger partial charge is 0.233 e. The van der Waals surface area contributed by atoms with Gasteiger partial charge >= 0.3 is 0 Å². The Bertz CT molecular complexity index is 477. The number of nitrogens with two attached hydrogens (primary N) is 1. The molecule has 1 aliphatic carbocycles. The fourth-order valence-electron chi connectivity index (χ4n) is 2.66. The molecule has 1 fully saturated rings. The van der Waals surface area contributed by atoms with Crippen LogP contribution in [0.5, 0.6) is 0 Å². The summed E-state index contributed by atoms with van der Waals surface area (Å²) in [5, 5.41) is 7.02. The second-order valence-electron chi connectivity index (χ2n) is 5.14. The molecule has 1 aliphatic rings. The van der Waals surface area contributed by atoms with Gasteiger partial charge in [0, 0.05) is 13.2 Å². The van der Waals surface area contributed by atoms with Gasteiger partial charge < -0.3 is 11.1 Å². The number of nitrogens with one attached hydrogen (secondary N) is 1. The lowest BCUT2D eigenvalue weighted by Crippen LogP contribution is -2.49. The summed E-state index contributed by atoms with van der Waals surface area (Å²) in [5.41, 5.74) is 6.15. The van der Waals surface area contributed by atoms with E-state index in [0.717, 1.165) is 37.8 Å². The number of hydrogen-bond acceptors (Lipinski definition) is 3. The van der Waals surface area contributed by atoms with Gasteiger partial charge in [-0.05, 0) is 18.9 Å². The third-order valence-corrected chi connectivity index (χ3v) is 4.36. The first kappa shape index (κ1) is 14.0. The molecule has 2 rings (SSSR count). The van der Waals surface area contributed by atoms with Gasteiger partial charge in [0.2, 0.25) is 5.91 Å². The molecular weight excluding hydrogens is 260 g/mol. The minimum atomic E-state index is -0.647. The normalized spacial score (nSPS) is 17.9. The van der Waals surface area contributed by atoms with E-state index >= 15 is 0 Å². The first-order valence-corrected chi connectivity index (χ1v) is 7.02. The molecule has 1 heterocycles. The zero-order valence-corrected chi connectivity index (χ0v) is 12.0. The molecule has 0 unspecified atom stereocenters. The maximum Gasteiger partial charge on any atom is 0.233 e. The van der Waals surface area contributed by atoms with Crippen LogP contribution < -0.4 is 11.1 Å². The van der Waals surface area contributed by atoms with E-state index in [4.69, 9.17) is 18.0 Å². The van der Waals surface area contributed by atoms with E-state index in [1.165, 1.54) is 0 Å². The Labute approximate surface area is 118 Å². The van der Waals surface area contributed by atoms with E-state index in [0.29, 0.717) is 11.5 Å². The maximum absolute atomic E-state index is 12.5. The predicted octanol–water partition coefficient (Wildman–Crippen LogP) is 1.27. The Kier molecular flexibility index (Phi) is 4.19. The van der Waals surface area contributed by atoms with Crippen LogP contribution in [0, 0.1) is 5.41 Å². The van der Waals surface area contributed by atoms with Crippen molar-refractivity contribution in [1.82, 2.24) is 15.1 Å². The molecule has 104 valence electrons. The highest BCUT2D eigenvalue weighted by atomic mass is 32.1. The van der Waals surface area contributed by atoms with Crippen molar-refractivity contribution in [3.05, 3.63) is 18.0 Å². The van der Waals surface area contributed by atoms with Crippen LogP contribution in [-0.2, 0) is 18.4 Å². The van der Waals surface area contributed by atoms with Crippen molar-refractivity contribution in [2.24, 2.45) is 18.2 Å². The van der Waals surface area contributed by atoms with Gasteiger partial charge in [-0.2, -0.15) is 5.10 Å². The summed E-state index contributed by atoms with van der Waals surface area (Å²) in [7, 11) is 1.85. The van der Waals surface area contributed by atoms with Gasteiger partial charge in [0.05, 0.1) is 22.6 Å². The second kappa shape index (κ2) is 5.69. The monoisotopic (exact) mass is 280 g/mol. The summed E-state index contributed by atoms with van der Waals surface area (Å²) in [6.45, 7) is 0.458. The van der Waals surface area contributed by atoms with E-state index < -0.39 is 5.41 Å². The highest BCUT2D eigenvalue weighted by molar-refractivity contribution is 7.80. The zero-order chi connectivity index (χ0) is 13.9. The molecule has 0 saturated heterocycles. The van der Waals surface area contributed by atoms with Crippen molar-refractivity contribution in [3.8, 4) is 0 Å². The number of amides is 1. The molecule has 0 radical (unpaired) electrons. The van der Waals surface area contributed by atoms with E-state index in [9.17, 15) is 4.79 Å². The number of carbonyl (C=O) groups excluding carboxylic acids is 1. The minimum absolute atomic E-state index is 0.0408. The van der Waals surface area contributed by atoms with Gasteiger partial charge in [-0.3, -0.25) is 9.48 Å². The average molecular weight is 280 g/mol. The van der Waals surface area contributed by atoms with Crippen LogP contribution in [-0.4, -0.2) is 20.7 Å². The summed E-state index contributed by atoms with van der Waals surface area (Å²) in [4.78, 5) is 12.8. The third-order valence-electron chi connectivity index (χ3n) is 3.97. The summed E-state index contributed by atoms with van der Waals surface area (Å²) >= 11 is 5.14. The molecule has 0 aliphatic heterocycles. The molecule has 1 aromatic heterocycles. The highest BCUT2D eigenvalue weighted by Crippen LogP contribution is 2.37. The quantitative estimate of drug-likeness (QED) is 0.815. The standard InChI is InChI=1S/C13H20N4OS/c1-17-10(5-8-16-17)9-15-12(18)13(11(14)19)6-3-2-4-7-13/h5,8H,2-4,6-7,9H2,1H3,(H2,14,19)(H,15,18). The summed E-state index contributed by atoms with van der Waals surface area (Å²) in [6, 6.07) is 1.88. The number of nitrogens with zero attached hydrogens (tertiary/aromatic N) is 2. The van der Waals surface area contributed by atoms with Crippen molar-refractivity contribution in [2.75, 3.05) is 0 Å². The fourth-order valence-corrected chi connectivity index (χ4v) is 2.95. The van der Waals surface area contributed by atoms with Gasteiger partial charge in [0.25, 0.3) is 0 Å². The first-order valence-electron chi connectivity index (χ1n) is 6.61. The number of thiocarbonyl (C=S) groups is 1. The molecule has 6 heteroatoms. The zero-order valence-electron chi connectivity index (χ0n) is 11.2. The first-order chi connectivity index (χ1) is 9.06. The number of aromatic nitrogens is 2. The molecule has 1 amide bonds. The highest BCUT2D eigenvalue weighted by Gasteiger charge is 2.42. The second-order valence-corrected chi connectivity index (χ2v) is 5.58. The molecule has 5 nitrogen and oxygen atoms in total. The lowest BCUT2D eigenvalue weighted by atomic mass is 9.73. The lowest BCUT2D eigenvalue weighted by molar-refractivity contribution is -0.129. The van der Waals surface area contributed by atoms with E-state index in [1.54, 1.807) is 10.9 Å². The van der Waals surface area contributed by atoms with Crippen molar-refractivity contribution in [3.63, 3.8) is 0 Å². The third kappa shape index (κ3) is 2.78. The van der Waals surface area contributed by atoms with Crippen LogP contribution in [0.1, 0.15) is 37.8 Å². The topological polar surface area (TPSA) is 72.9 Å². The Hall–Kier alpha value is -1.43.